The molecule has 1 fully saturated rings. The molecule has 0 spiro atoms. The van der Waals surface area contributed by atoms with Gasteiger partial charge < -0.3 is 9.64 Å². The maximum atomic E-state index is 13.0. The van der Waals surface area contributed by atoms with E-state index in [0.29, 0.717) is 30.9 Å². The monoisotopic (exact) mass is 394 g/mol. The van der Waals surface area contributed by atoms with E-state index in [0.717, 1.165) is 32.1 Å². The number of rotatable bonds is 8. The average molecular weight is 395 g/mol. The summed E-state index contributed by atoms with van der Waals surface area (Å²) in [5, 5.41) is 0. The molecular formula is C20H30N2O4S. The Morgan fingerprint density at radius 3 is 2.59 bits per heavy atom. The third-order valence-electron chi connectivity index (χ3n) is 4.76. The summed E-state index contributed by atoms with van der Waals surface area (Å²) in [6.45, 7) is 3.85. The van der Waals surface area contributed by atoms with Gasteiger partial charge in [0, 0.05) is 32.8 Å². The topological polar surface area (TPSA) is 66.9 Å². The summed E-state index contributed by atoms with van der Waals surface area (Å²) in [4.78, 5) is 14.0. The first-order chi connectivity index (χ1) is 12.9. The van der Waals surface area contributed by atoms with E-state index in [4.69, 9.17) is 4.74 Å². The van der Waals surface area contributed by atoms with Crippen LogP contribution in [0, 0.1) is 0 Å². The van der Waals surface area contributed by atoms with Crippen LogP contribution in [-0.2, 0) is 14.8 Å². The largest absolute Gasteiger partial charge is 0.495 e. The summed E-state index contributed by atoms with van der Waals surface area (Å²) in [5.41, 5.74) is 0.656. The minimum atomic E-state index is -3.62. The second kappa shape index (κ2) is 9.90. The van der Waals surface area contributed by atoms with Crippen molar-refractivity contribution in [3.05, 3.63) is 29.8 Å². The molecular weight excluding hydrogens is 364 g/mol. The maximum Gasteiger partial charge on any atom is 0.246 e. The lowest BCUT2D eigenvalue weighted by Crippen LogP contribution is -2.35. The number of amides is 1. The van der Waals surface area contributed by atoms with Crippen LogP contribution in [0.25, 0.3) is 6.08 Å². The Morgan fingerprint density at radius 2 is 1.96 bits per heavy atom. The molecule has 0 bridgehead atoms. The summed E-state index contributed by atoms with van der Waals surface area (Å²) in [5.74, 6) is 0.226. The van der Waals surface area contributed by atoms with Crippen molar-refractivity contribution in [3.8, 4) is 5.75 Å². The molecule has 0 radical (unpaired) electrons. The molecule has 1 aliphatic heterocycles. The summed E-state index contributed by atoms with van der Waals surface area (Å²) in [6.07, 6.45) is 7.92. The highest BCUT2D eigenvalue weighted by Gasteiger charge is 2.29. The molecule has 27 heavy (non-hydrogen) atoms. The lowest BCUT2D eigenvalue weighted by molar-refractivity contribution is -0.124. The van der Waals surface area contributed by atoms with Gasteiger partial charge in [-0.3, -0.25) is 4.79 Å². The van der Waals surface area contributed by atoms with Crippen molar-refractivity contribution in [2.24, 2.45) is 0 Å². The van der Waals surface area contributed by atoms with Crippen molar-refractivity contribution in [1.82, 2.24) is 9.21 Å². The highest BCUT2D eigenvalue weighted by molar-refractivity contribution is 7.89. The molecule has 2 rings (SSSR count). The molecule has 0 saturated carbocycles. The van der Waals surface area contributed by atoms with Crippen LogP contribution in [0.4, 0.5) is 0 Å². The number of carbonyl (C=O) groups excluding carboxylic acids is 1. The molecule has 6 nitrogen and oxygen atoms in total. The Morgan fingerprint density at radius 1 is 1.26 bits per heavy atom. The summed E-state index contributed by atoms with van der Waals surface area (Å²) < 4.78 is 32.9. The molecule has 0 unspecified atom stereocenters. The lowest BCUT2D eigenvalue weighted by atomic mass is 10.2. The predicted molar refractivity (Wildman–Crippen MR) is 107 cm³/mol. The number of hydrogen-bond donors (Lipinski definition) is 0. The number of piperidine rings is 1. The third-order valence-corrected chi connectivity index (χ3v) is 6.68. The normalized spacial score (nSPS) is 15.8. The molecule has 0 N–H and O–H groups in total. The number of likely N-dealkylation sites (N-methyl/N-ethyl adjacent to an activating group) is 1. The van der Waals surface area contributed by atoms with E-state index in [2.05, 4.69) is 6.92 Å². The molecule has 0 atom stereocenters. The van der Waals surface area contributed by atoms with Crippen LogP contribution in [0.1, 0.15) is 44.6 Å². The number of methoxy groups -OCH3 is 1. The van der Waals surface area contributed by atoms with Crippen molar-refractivity contribution in [2.75, 3.05) is 33.8 Å². The van der Waals surface area contributed by atoms with Crippen LogP contribution in [0.2, 0.25) is 0 Å². The van der Waals surface area contributed by atoms with Gasteiger partial charge in [-0.25, -0.2) is 8.42 Å². The number of sulfonamides is 1. The summed E-state index contributed by atoms with van der Waals surface area (Å²) in [7, 11) is -0.384. The zero-order valence-electron chi connectivity index (χ0n) is 16.5. The smallest absolute Gasteiger partial charge is 0.246 e. The number of hydrogen-bond acceptors (Lipinski definition) is 4. The van der Waals surface area contributed by atoms with Crippen molar-refractivity contribution in [3.63, 3.8) is 0 Å². The van der Waals surface area contributed by atoms with Crippen LogP contribution >= 0.6 is 0 Å². The third kappa shape index (κ3) is 5.56. The van der Waals surface area contributed by atoms with E-state index < -0.39 is 10.0 Å². The van der Waals surface area contributed by atoms with E-state index in [1.54, 1.807) is 36.2 Å². The quantitative estimate of drug-likeness (QED) is 0.635. The van der Waals surface area contributed by atoms with Crippen molar-refractivity contribution >= 4 is 22.0 Å². The number of ether oxygens (including phenoxy) is 1. The molecule has 1 amide bonds. The van der Waals surface area contributed by atoms with Gasteiger partial charge >= 0.3 is 0 Å². The van der Waals surface area contributed by atoms with Crippen LogP contribution < -0.4 is 4.74 Å². The minimum absolute atomic E-state index is 0.0975. The van der Waals surface area contributed by atoms with E-state index in [-0.39, 0.29) is 10.8 Å². The van der Waals surface area contributed by atoms with Gasteiger partial charge in [0.25, 0.3) is 0 Å². The SMILES string of the molecule is CCCCN(C)C(=O)C=Cc1ccc(OC)c(S(=O)(=O)N2CCCCC2)c1. The van der Waals surface area contributed by atoms with Crippen molar-refractivity contribution < 1.29 is 17.9 Å². The molecule has 1 aromatic rings. The van der Waals surface area contributed by atoms with Gasteiger partial charge in [-0.15, -0.1) is 0 Å². The number of carbonyl (C=O) groups is 1. The fraction of sp³-hybridized carbons (Fsp3) is 0.550. The Bertz CT molecular complexity index is 768. The molecule has 1 heterocycles. The van der Waals surface area contributed by atoms with E-state index in [1.165, 1.54) is 17.5 Å². The molecule has 1 saturated heterocycles. The van der Waals surface area contributed by atoms with Crippen LogP contribution in [0.5, 0.6) is 5.75 Å². The first kappa shape index (κ1) is 21.4. The van der Waals surface area contributed by atoms with E-state index in [1.807, 2.05) is 0 Å². The molecule has 0 aliphatic carbocycles. The average Bonchev–Trinajstić information content (AvgIpc) is 2.70. The van der Waals surface area contributed by atoms with Crippen molar-refractivity contribution in [1.29, 1.82) is 0 Å². The standard InChI is InChI=1S/C20H30N2O4S/c1-4-5-13-21(2)20(23)12-10-17-9-11-18(26-3)19(16-17)27(24,25)22-14-7-6-8-15-22/h9-12,16H,4-8,13-15H2,1-3H3. The van der Waals surface area contributed by atoms with E-state index >= 15 is 0 Å². The van der Waals surface area contributed by atoms with Crippen LogP contribution in [0.15, 0.2) is 29.2 Å². The second-order valence-corrected chi connectivity index (χ2v) is 8.73. The zero-order chi connectivity index (χ0) is 19.9. The predicted octanol–water partition coefficient (Wildman–Crippen LogP) is 3.14. The fourth-order valence-corrected chi connectivity index (χ4v) is 4.75. The first-order valence-corrected chi connectivity index (χ1v) is 11.0. The van der Waals surface area contributed by atoms with E-state index in [9.17, 15) is 13.2 Å². The Balaban J connectivity index is 2.24. The zero-order valence-corrected chi connectivity index (χ0v) is 17.3. The Kier molecular flexibility index (Phi) is 7.86. The number of benzene rings is 1. The van der Waals surface area contributed by atoms with Gasteiger partial charge in [0.2, 0.25) is 15.9 Å². The molecule has 0 aromatic heterocycles. The highest BCUT2D eigenvalue weighted by atomic mass is 32.2. The Labute approximate surface area is 162 Å². The van der Waals surface area contributed by atoms with Gasteiger partial charge in [0.15, 0.2) is 0 Å². The first-order valence-electron chi connectivity index (χ1n) is 9.51. The molecule has 150 valence electrons. The fourth-order valence-electron chi connectivity index (χ4n) is 3.04. The second-order valence-electron chi connectivity index (χ2n) is 6.82. The Hall–Kier alpha value is -1.86. The van der Waals surface area contributed by atoms with Gasteiger partial charge in [-0.2, -0.15) is 4.31 Å². The maximum absolute atomic E-state index is 13.0. The van der Waals surface area contributed by atoms with Gasteiger partial charge in [-0.05, 0) is 43.0 Å². The van der Waals surface area contributed by atoms with Gasteiger partial charge in [-0.1, -0.05) is 25.8 Å². The minimum Gasteiger partial charge on any atom is -0.495 e. The molecule has 1 aliphatic rings. The summed E-state index contributed by atoms with van der Waals surface area (Å²) in [6, 6.07) is 4.98. The van der Waals surface area contributed by atoms with Crippen LogP contribution in [0.3, 0.4) is 0 Å². The van der Waals surface area contributed by atoms with Gasteiger partial charge in [0.1, 0.15) is 10.6 Å². The number of nitrogens with zero attached hydrogens (tertiary/aromatic N) is 2. The lowest BCUT2D eigenvalue weighted by Gasteiger charge is -2.26. The van der Waals surface area contributed by atoms with Gasteiger partial charge in [0.05, 0.1) is 7.11 Å². The number of unbranched alkanes of at least 4 members (excludes halogenated alkanes) is 1. The molecule has 1 aromatic carbocycles. The summed E-state index contributed by atoms with van der Waals surface area (Å²) >= 11 is 0. The van der Waals surface area contributed by atoms with Crippen molar-refractivity contribution in [2.45, 2.75) is 43.9 Å². The highest BCUT2D eigenvalue weighted by Crippen LogP contribution is 2.30. The van der Waals surface area contributed by atoms with Crippen LogP contribution in [-0.4, -0.2) is 57.3 Å². The molecule has 7 heteroatoms.